The first-order chi connectivity index (χ1) is 12.2. The molecule has 5 heteroatoms. The predicted molar refractivity (Wildman–Crippen MR) is 101 cm³/mol. The van der Waals surface area contributed by atoms with Crippen LogP contribution in [0.4, 0.5) is 5.69 Å². The second kappa shape index (κ2) is 8.28. The van der Waals surface area contributed by atoms with Gasteiger partial charge in [-0.3, -0.25) is 4.68 Å². The van der Waals surface area contributed by atoms with Crippen LogP contribution in [0.2, 0.25) is 0 Å². The Bertz CT molecular complexity index is 677. The molecule has 0 atom stereocenters. The van der Waals surface area contributed by atoms with E-state index in [1.807, 2.05) is 23.0 Å². The lowest BCUT2D eigenvalue weighted by molar-refractivity contribution is 0.385. The first-order valence-electron chi connectivity index (χ1n) is 9.25. The summed E-state index contributed by atoms with van der Waals surface area (Å²) in [5.41, 5.74) is 2.38. The number of ether oxygens (including phenoxy) is 2. The fourth-order valence-electron chi connectivity index (χ4n) is 3.66. The minimum absolute atomic E-state index is 0.565. The van der Waals surface area contributed by atoms with Gasteiger partial charge in [-0.2, -0.15) is 5.10 Å². The van der Waals surface area contributed by atoms with Gasteiger partial charge in [-0.1, -0.05) is 19.3 Å². The number of methoxy groups -OCH3 is 2. The van der Waals surface area contributed by atoms with E-state index in [9.17, 15) is 0 Å². The van der Waals surface area contributed by atoms with Crippen molar-refractivity contribution in [3.05, 3.63) is 36.2 Å². The molecule has 0 bridgehead atoms. The summed E-state index contributed by atoms with van der Waals surface area (Å²) in [5.74, 6) is 1.70. The van der Waals surface area contributed by atoms with Gasteiger partial charge in [-0.05, 0) is 31.9 Å². The molecule has 0 unspecified atom stereocenters. The molecule has 5 nitrogen and oxygen atoms in total. The third-order valence-corrected chi connectivity index (χ3v) is 5.13. The second-order valence-corrected chi connectivity index (χ2v) is 6.65. The van der Waals surface area contributed by atoms with Crippen LogP contribution in [0, 0.1) is 0 Å². The van der Waals surface area contributed by atoms with E-state index in [0.717, 1.165) is 24.6 Å². The van der Waals surface area contributed by atoms with E-state index in [0.29, 0.717) is 6.04 Å². The van der Waals surface area contributed by atoms with Gasteiger partial charge in [0.15, 0.2) is 0 Å². The number of nitrogens with zero attached hydrogens (tertiary/aromatic N) is 3. The Hall–Kier alpha value is -2.17. The number of rotatable bonds is 7. The number of hydrogen-bond acceptors (Lipinski definition) is 4. The monoisotopic (exact) mass is 343 g/mol. The van der Waals surface area contributed by atoms with Gasteiger partial charge in [0.2, 0.25) is 0 Å². The van der Waals surface area contributed by atoms with Crippen molar-refractivity contribution in [3.8, 4) is 11.5 Å². The van der Waals surface area contributed by atoms with Crippen LogP contribution in [-0.2, 0) is 13.1 Å². The van der Waals surface area contributed by atoms with Crippen LogP contribution in [0.25, 0.3) is 0 Å². The summed E-state index contributed by atoms with van der Waals surface area (Å²) in [4.78, 5) is 2.50. The molecule has 3 rings (SSSR count). The predicted octanol–water partition coefficient (Wildman–Crippen LogP) is 4.26. The van der Waals surface area contributed by atoms with Crippen molar-refractivity contribution in [2.45, 2.75) is 58.2 Å². The molecule has 1 saturated carbocycles. The van der Waals surface area contributed by atoms with Gasteiger partial charge in [-0.25, -0.2) is 0 Å². The minimum atomic E-state index is 0.565. The number of benzene rings is 1. The Balaban J connectivity index is 1.89. The highest BCUT2D eigenvalue weighted by atomic mass is 16.5. The van der Waals surface area contributed by atoms with Crippen LogP contribution in [-0.4, -0.2) is 30.0 Å². The summed E-state index contributed by atoms with van der Waals surface area (Å²) in [6.07, 6.45) is 10.6. The Morgan fingerprint density at radius 1 is 1.16 bits per heavy atom. The zero-order chi connectivity index (χ0) is 17.6. The molecule has 0 aliphatic heterocycles. The van der Waals surface area contributed by atoms with Crippen LogP contribution in [0.5, 0.6) is 11.5 Å². The van der Waals surface area contributed by atoms with E-state index in [1.54, 1.807) is 14.2 Å². The molecule has 0 spiro atoms. The third kappa shape index (κ3) is 4.09. The average molecular weight is 343 g/mol. The molecule has 136 valence electrons. The molecule has 1 fully saturated rings. The maximum atomic E-state index is 5.61. The molecule has 1 aromatic heterocycles. The summed E-state index contributed by atoms with van der Waals surface area (Å²) in [7, 11) is 3.40. The zero-order valence-electron chi connectivity index (χ0n) is 15.6. The summed E-state index contributed by atoms with van der Waals surface area (Å²) in [5, 5.41) is 4.49. The van der Waals surface area contributed by atoms with Crippen molar-refractivity contribution < 1.29 is 9.47 Å². The number of aromatic nitrogens is 2. The van der Waals surface area contributed by atoms with E-state index in [1.165, 1.54) is 43.4 Å². The van der Waals surface area contributed by atoms with Crippen molar-refractivity contribution in [2.24, 2.45) is 0 Å². The molecule has 1 aromatic carbocycles. The fourth-order valence-corrected chi connectivity index (χ4v) is 3.66. The first kappa shape index (κ1) is 17.6. The van der Waals surface area contributed by atoms with Crippen molar-refractivity contribution in [1.82, 2.24) is 9.78 Å². The smallest absolute Gasteiger partial charge is 0.127 e. The van der Waals surface area contributed by atoms with Gasteiger partial charge >= 0.3 is 0 Å². The van der Waals surface area contributed by atoms with Crippen LogP contribution in [0.3, 0.4) is 0 Å². The molecule has 25 heavy (non-hydrogen) atoms. The van der Waals surface area contributed by atoms with Gasteiger partial charge in [0, 0.05) is 37.0 Å². The maximum absolute atomic E-state index is 5.61. The van der Waals surface area contributed by atoms with E-state index in [2.05, 4.69) is 29.2 Å². The van der Waals surface area contributed by atoms with Crippen molar-refractivity contribution >= 4 is 5.69 Å². The second-order valence-electron chi connectivity index (χ2n) is 6.65. The summed E-state index contributed by atoms with van der Waals surface area (Å²) < 4.78 is 12.9. The van der Waals surface area contributed by atoms with Crippen molar-refractivity contribution in [3.63, 3.8) is 0 Å². The van der Waals surface area contributed by atoms with Gasteiger partial charge in [0.05, 0.1) is 26.1 Å². The highest BCUT2D eigenvalue weighted by Gasteiger charge is 2.24. The standard InChI is InChI=1S/C20H29N3O2/c1-4-22-15-18(13-21-22)23(17-8-6-5-7-9-17)14-16-10-11-19(24-2)12-20(16)25-3/h10-13,15,17H,4-9,14H2,1-3H3. The molecular weight excluding hydrogens is 314 g/mol. The zero-order valence-corrected chi connectivity index (χ0v) is 15.6. The lowest BCUT2D eigenvalue weighted by Gasteiger charge is -2.35. The van der Waals surface area contributed by atoms with E-state index in [4.69, 9.17) is 9.47 Å². The van der Waals surface area contributed by atoms with Crippen molar-refractivity contribution in [2.75, 3.05) is 19.1 Å². The van der Waals surface area contributed by atoms with Crippen LogP contribution < -0.4 is 14.4 Å². The maximum Gasteiger partial charge on any atom is 0.127 e. The SMILES string of the molecule is CCn1cc(N(Cc2ccc(OC)cc2OC)C2CCCCC2)cn1. The molecular formula is C20H29N3O2. The van der Waals surface area contributed by atoms with E-state index >= 15 is 0 Å². The number of anilines is 1. The molecule has 0 saturated heterocycles. The lowest BCUT2D eigenvalue weighted by atomic mass is 9.93. The summed E-state index contributed by atoms with van der Waals surface area (Å²) >= 11 is 0. The third-order valence-electron chi connectivity index (χ3n) is 5.13. The normalized spacial score (nSPS) is 15.2. The van der Waals surface area contributed by atoms with Crippen LogP contribution in [0.15, 0.2) is 30.6 Å². The summed E-state index contributed by atoms with van der Waals surface area (Å²) in [6, 6.07) is 6.64. The lowest BCUT2D eigenvalue weighted by Crippen LogP contribution is -2.36. The molecule has 1 aliphatic rings. The largest absolute Gasteiger partial charge is 0.497 e. The van der Waals surface area contributed by atoms with Gasteiger partial charge in [0.1, 0.15) is 11.5 Å². The van der Waals surface area contributed by atoms with Crippen LogP contribution in [0.1, 0.15) is 44.6 Å². The Kier molecular flexibility index (Phi) is 5.84. The minimum Gasteiger partial charge on any atom is -0.497 e. The first-order valence-corrected chi connectivity index (χ1v) is 9.25. The molecule has 1 aliphatic carbocycles. The highest BCUT2D eigenvalue weighted by Crippen LogP contribution is 2.32. The molecule has 0 N–H and O–H groups in total. The highest BCUT2D eigenvalue weighted by molar-refractivity contribution is 5.48. The quantitative estimate of drug-likeness (QED) is 0.753. The molecule has 2 aromatic rings. The van der Waals surface area contributed by atoms with Crippen molar-refractivity contribution in [1.29, 1.82) is 0 Å². The van der Waals surface area contributed by atoms with Gasteiger partial charge < -0.3 is 14.4 Å². The Morgan fingerprint density at radius 3 is 2.60 bits per heavy atom. The molecule has 0 amide bonds. The van der Waals surface area contributed by atoms with Gasteiger partial charge in [-0.15, -0.1) is 0 Å². The average Bonchev–Trinajstić information content (AvgIpc) is 3.15. The Morgan fingerprint density at radius 2 is 1.96 bits per heavy atom. The van der Waals surface area contributed by atoms with Gasteiger partial charge in [0.25, 0.3) is 0 Å². The Labute approximate surface area is 150 Å². The van der Waals surface area contributed by atoms with E-state index in [-0.39, 0.29) is 0 Å². The van der Waals surface area contributed by atoms with Crippen LogP contribution >= 0.6 is 0 Å². The fraction of sp³-hybridized carbons (Fsp3) is 0.550. The number of aryl methyl sites for hydroxylation is 1. The molecule has 1 heterocycles. The number of hydrogen-bond donors (Lipinski definition) is 0. The molecule has 0 radical (unpaired) electrons. The summed E-state index contributed by atoms with van der Waals surface area (Å²) in [6.45, 7) is 3.84. The van der Waals surface area contributed by atoms with E-state index < -0.39 is 0 Å². The topological polar surface area (TPSA) is 39.5 Å².